The molecule has 0 spiro atoms. The first-order valence-corrected chi connectivity index (χ1v) is 7.21. The molecule has 0 bridgehead atoms. The Bertz CT molecular complexity index is 605. The van der Waals surface area contributed by atoms with Gasteiger partial charge in [-0.05, 0) is 10.4 Å². The van der Waals surface area contributed by atoms with Crippen molar-refractivity contribution in [3.05, 3.63) is 5.82 Å². The van der Waals surface area contributed by atoms with Crippen molar-refractivity contribution >= 4 is 17.9 Å². The number of rotatable bonds is 5. The number of esters is 3. The molecule has 1 aliphatic heterocycles. The molecule has 0 radical (unpaired) electrons. The van der Waals surface area contributed by atoms with Gasteiger partial charge in [0.25, 0.3) is 5.79 Å². The summed E-state index contributed by atoms with van der Waals surface area (Å²) >= 11 is 0. The number of carbonyl (C=O) groups is 3. The Balaban J connectivity index is 2.28. The van der Waals surface area contributed by atoms with Gasteiger partial charge in [-0.3, -0.25) is 14.4 Å². The molecule has 1 N–H and O–H groups in total. The van der Waals surface area contributed by atoms with E-state index in [1.165, 1.54) is 20.8 Å². The highest BCUT2D eigenvalue weighted by atomic mass is 16.7. The number of ether oxygens (including phenoxy) is 4. The lowest BCUT2D eigenvalue weighted by atomic mass is 9.97. The van der Waals surface area contributed by atoms with Crippen LogP contribution in [0.25, 0.3) is 0 Å². The molecule has 1 aromatic rings. The minimum Gasteiger partial charge on any atom is -0.462 e. The number of tetrazole rings is 1. The van der Waals surface area contributed by atoms with Crippen LogP contribution < -0.4 is 0 Å². The molecule has 11 nitrogen and oxygen atoms in total. The fourth-order valence-corrected chi connectivity index (χ4v) is 2.48. The maximum Gasteiger partial charge on any atom is 0.305 e. The number of nitrogens with zero attached hydrogens (tertiary/aromatic N) is 3. The SMILES string of the molecule is CC(=O)OCC1(OC(C)=O)CC(OC(C)=O)CC(c2nnn[nH]2)O1. The first kappa shape index (κ1) is 17.8. The average molecular weight is 342 g/mol. The molecule has 2 rings (SSSR count). The van der Waals surface area contributed by atoms with Crippen molar-refractivity contribution in [3.63, 3.8) is 0 Å². The summed E-state index contributed by atoms with van der Waals surface area (Å²) in [6, 6.07) is 0. The highest BCUT2D eigenvalue weighted by Crippen LogP contribution is 2.38. The average Bonchev–Trinajstić information content (AvgIpc) is 2.97. The molecule has 0 amide bonds. The molecule has 3 atom stereocenters. The van der Waals surface area contributed by atoms with Crippen molar-refractivity contribution < 1.29 is 33.3 Å². The van der Waals surface area contributed by atoms with Gasteiger partial charge in [0, 0.05) is 27.2 Å². The fraction of sp³-hybridized carbons (Fsp3) is 0.692. The van der Waals surface area contributed by atoms with E-state index >= 15 is 0 Å². The van der Waals surface area contributed by atoms with E-state index < -0.39 is 35.9 Å². The lowest BCUT2D eigenvalue weighted by Gasteiger charge is -2.41. The largest absolute Gasteiger partial charge is 0.462 e. The highest BCUT2D eigenvalue weighted by Gasteiger charge is 2.48. The molecule has 11 heteroatoms. The quantitative estimate of drug-likeness (QED) is 0.564. The van der Waals surface area contributed by atoms with Gasteiger partial charge in [0.1, 0.15) is 12.2 Å². The van der Waals surface area contributed by atoms with Crippen molar-refractivity contribution in [2.45, 2.75) is 51.6 Å². The van der Waals surface area contributed by atoms with Crippen molar-refractivity contribution in [2.24, 2.45) is 0 Å². The molecular formula is C13H18N4O7. The van der Waals surface area contributed by atoms with E-state index in [0.717, 1.165) is 0 Å². The van der Waals surface area contributed by atoms with Crippen LogP contribution in [0.15, 0.2) is 0 Å². The topological polar surface area (TPSA) is 143 Å². The number of hydrogen-bond acceptors (Lipinski definition) is 10. The van der Waals surface area contributed by atoms with Crippen molar-refractivity contribution in [1.82, 2.24) is 20.6 Å². The third kappa shape index (κ3) is 4.72. The number of aromatic nitrogens is 4. The normalized spacial score (nSPS) is 26.5. The third-order valence-corrected chi connectivity index (χ3v) is 3.20. The Morgan fingerprint density at radius 3 is 2.54 bits per heavy atom. The fourth-order valence-electron chi connectivity index (χ4n) is 2.48. The van der Waals surface area contributed by atoms with Crippen LogP contribution in [-0.2, 0) is 33.3 Å². The summed E-state index contributed by atoms with van der Waals surface area (Å²) in [7, 11) is 0. The maximum absolute atomic E-state index is 11.5. The van der Waals surface area contributed by atoms with E-state index in [1.54, 1.807) is 0 Å². The monoisotopic (exact) mass is 342 g/mol. The summed E-state index contributed by atoms with van der Waals surface area (Å²) in [6.07, 6.45) is -1.12. The first-order chi connectivity index (χ1) is 11.3. The van der Waals surface area contributed by atoms with Crippen LogP contribution in [0.5, 0.6) is 0 Å². The van der Waals surface area contributed by atoms with E-state index in [1.807, 2.05) is 0 Å². The second-order valence-electron chi connectivity index (χ2n) is 5.35. The molecule has 1 aliphatic rings. The van der Waals surface area contributed by atoms with E-state index in [0.29, 0.717) is 0 Å². The molecule has 1 saturated heterocycles. The Hall–Kier alpha value is -2.56. The molecule has 0 aromatic carbocycles. The van der Waals surface area contributed by atoms with Crippen LogP contribution in [-0.4, -0.2) is 57.0 Å². The zero-order chi connectivity index (χ0) is 17.7. The molecule has 2 heterocycles. The van der Waals surface area contributed by atoms with Crippen LogP contribution in [0.1, 0.15) is 45.5 Å². The van der Waals surface area contributed by atoms with Gasteiger partial charge < -0.3 is 18.9 Å². The van der Waals surface area contributed by atoms with Crippen LogP contribution in [0.2, 0.25) is 0 Å². The van der Waals surface area contributed by atoms with Gasteiger partial charge in [0.2, 0.25) is 0 Å². The maximum atomic E-state index is 11.5. The summed E-state index contributed by atoms with van der Waals surface area (Å²) in [5, 5.41) is 13.2. The Morgan fingerprint density at radius 2 is 2.00 bits per heavy atom. The number of H-pyrrole nitrogens is 1. The highest BCUT2D eigenvalue weighted by molar-refractivity contribution is 5.67. The Labute approximate surface area is 137 Å². The predicted molar refractivity (Wildman–Crippen MR) is 73.9 cm³/mol. The van der Waals surface area contributed by atoms with Crippen LogP contribution in [0, 0.1) is 0 Å². The van der Waals surface area contributed by atoms with Gasteiger partial charge >= 0.3 is 17.9 Å². The molecular weight excluding hydrogens is 324 g/mol. The molecule has 24 heavy (non-hydrogen) atoms. The summed E-state index contributed by atoms with van der Waals surface area (Å²) in [5.74, 6) is -3.04. The Morgan fingerprint density at radius 1 is 1.25 bits per heavy atom. The van der Waals surface area contributed by atoms with Gasteiger partial charge in [-0.25, -0.2) is 5.10 Å². The van der Waals surface area contributed by atoms with Gasteiger partial charge in [-0.1, -0.05) is 0 Å². The minimum absolute atomic E-state index is 0.0114. The van der Waals surface area contributed by atoms with Crippen LogP contribution in [0.4, 0.5) is 0 Å². The standard InChI is InChI=1S/C13H18N4O7/c1-7(18)21-6-13(23-9(3)20)5-10(22-8(2)19)4-11(24-13)12-14-16-17-15-12/h10-11H,4-6H2,1-3H3,(H,14,15,16,17). The predicted octanol–water partition coefficient (Wildman–Crippen LogP) is -0.195. The van der Waals surface area contributed by atoms with Crippen molar-refractivity contribution in [3.8, 4) is 0 Å². The van der Waals surface area contributed by atoms with Crippen molar-refractivity contribution in [1.29, 1.82) is 0 Å². The number of hydrogen-bond donors (Lipinski definition) is 1. The van der Waals surface area contributed by atoms with Gasteiger partial charge in [0.15, 0.2) is 12.4 Å². The lowest BCUT2D eigenvalue weighted by Crippen LogP contribution is -2.51. The smallest absolute Gasteiger partial charge is 0.305 e. The molecule has 0 saturated carbocycles. The second-order valence-corrected chi connectivity index (χ2v) is 5.35. The number of aromatic amines is 1. The first-order valence-electron chi connectivity index (χ1n) is 7.21. The molecule has 1 aromatic heterocycles. The summed E-state index contributed by atoms with van der Waals surface area (Å²) in [6.45, 7) is 3.32. The molecule has 3 unspecified atom stereocenters. The summed E-state index contributed by atoms with van der Waals surface area (Å²) in [5.41, 5.74) is 0. The van der Waals surface area contributed by atoms with E-state index in [2.05, 4.69) is 20.6 Å². The van der Waals surface area contributed by atoms with Crippen LogP contribution in [0.3, 0.4) is 0 Å². The third-order valence-electron chi connectivity index (χ3n) is 3.20. The van der Waals surface area contributed by atoms with Gasteiger partial charge in [0.05, 0.1) is 6.42 Å². The van der Waals surface area contributed by atoms with E-state index in [4.69, 9.17) is 18.9 Å². The second kappa shape index (κ2) is 7.34. The number of nitrogens with one attached hydrogen (secondary N) is 1. The van der Waals surface area contributed by atoms with E-state index in [-0.39, 0.29) is 25.3 Å². The van der Waals surface area contributed by atoms with Crippen molar-refractivity contribution in [2.75, 3.05) is 6.61 Å². The zero-order valence-corrected chi connectivity index (χ0v) is 13.5. The van der Waals surface area contributed by atoms with Crippen LogP contribution >= 0.6 is 0 Å². The summed E-state index contributed by atoms with van der Waals surface area (Å²) in [4.78, 5) is 33.9. The number of carbonyl (C=O) groups excluding carboxylic acids is 3. The Kier molecular flexibility index (Phi) is 5.44. The van der Waals surface area contributed by atoms with Gasteiger partial charge in [-0.15, -0.1) is 5.10 Å². The lowest BCUT2D eigenvalue weighted by molar-refractivity contribution is -0.300. The van der Waals surface area contributed by atoms with Gasteiger partial charge in [-0.2, -0.15) is 0 Å². The zero-order valence-electron chi connectivity index (χ0n) is 13.5. The molecule has 0 aliphatic carbocycles. The molecule has 1 fully saturated rings. The minimum atomic E-state index is -1.60. The summed E-state index contributed by atoms with van der Waals surface area (Å²) < 4.78 is 21.3. The molecule has 132 valence electrons. The van der Waals surface area contributed by atoms with E-state index in [9.17, 15) is 14.4 Å².